The van der Waals surface area contributed by atoms with Gasteiger partial charge in [-0.15, -0.1) is 0 Å². The third kappa shape index (κ3) is 4.34. The molecule has 0 aliphatic heterocycles. The maximum absolute atomic E-state index is 13.1. The Morgan fingerprint density at radius 3 is 1.90 bits per heavy atom. The molecule has 21 heavy (non-hydrogen) atoms. The van der Waals surface area contributed by atoms with Crippen molar-refractivity contribution in [2.75, 3.05) is 0 Å². The van der Waals surface area contributed by atoms with Crippen LogP contribution in [0.3, 0.4) is 0 Å². The number of hydrogen-bond acceptors (Lipinski definition) is 1. The van der Waals surface area contributed by atoms with Gasteiger partial charge >= 0.3 is 5.97 Å². The van der Waals surface area contributed by atoms with Crippen molar-refractivity contribution in [2.45, 2.75) is 12.8 Å². The molecule has 0 aliphatic carbocycles. The van der Waals surface area contributed by atoms with E-state index in [9.17, 15) is 23.1 Å². The standard InChI is InChI=1S/C16H13F3O2/c17-13-3-1-10(2-4-13)5-12(16(20)21)6-11-7-14(18)9-15(19)8-11/h1-4,7-9,12H,5-6H2,(H,20,21). The summed E-state index contributed by atoms with van der Waals surface area (Å²) in [6.07, 6.45) is 0.162. The highest BCUT2D eigenvalue weighted by atomic mass is 19.1. The Kier molecular flexibility index (Phi) is 4.62. The van der Waals surface area contributed by atoms with E-state index in [-0.39, 0.29) is 18.4 Å². The van der Waals surface area contributed by atoms with E-state index in [0.717, 1.165) is 18.2 Å². The van der Waals surface area contributed by atoms with Gasteiger partial charge in [0.15, 0.2) is 0 Å². The normalized spacial score (nSPS) is 12.1. The van der Waals surface area contributed by atoms with Crippen LogP contribution in [0.15, 0.2) is 42.5 Å². The Labute approximate surface area is 119 Å². The average molecular weight is 294 g/mol. The van der Waals surface area contributed by atoms with E-state index in [1.54, 1.807) is 0 Å². The lowest BCUT2D eigenvalue weighted by molar-refractivity contribution is -0.141. The van der Waals surface area contributed by atoms with Crippen molar-refractivity contribution in [3.63, 3.8) is 0 Å². The van der Waals surface area contributed by atoms with Gasteiger partial charge in [0.25, 0.3) is 0 Å². The lowest BCUT2D eigenvalue weighted by Gasteiger charge is -2.13. The minimum atomic E-state index is -1.07. The Morgan fingerprint density at radius 2 is 1.38 bits per heavy atom. The Bertz CT molecular complexity index is 618. The molecule has 0 bridgehead atoms. The van der Waals surface area contributed by atoms with Gasteiger partial charge in [-0.1, -0.05) is 12.1 Å². The first-order valence-corrected chi connectivity index (χ1v) is 6.36. The zero-order valence-electron chi connectivity index (χ0n) is 11.0. The van der Waals surface area contributed by atoms with E-state index in [4.69, 9.17) is 0 Å². The zero-order valence-corrected chi connectivity index (χ0v) is 11.0. The second-order valence-corrected chi connectivity index (χ2v) is 4.85. The highest BCUT2D eigenvalue weighted by molar-refractivity contribution is 5.70. The Morgan fingerprint density at radius 1 is 0.857 bits per heavy atom. The molecular formula is C16H13F3O2. The van der Waals surface area contributed by atoms with Crippen LogP contribution in [0.1, 0.15) is 11.1 Å². The fourth-order valence-corrected chi connectivity index (χ4v) is 2.17. The van der Waals surface area contributed by atoms with Crippen LogP contribution in [0.2, 0.25) is 0 Å². The highest BCUT2D eigenvalue weighted by Gasteiger charge is 2.19. The van der Waals surface area contributed by atoms with Gasteiger partial charge in [0.2, 0.25) is 0 Å². The molecule has 0 saturated carbocycles. The van der Waals surface area contributed by atoms with E-state index in [0.29, 0.717) is 5.56 Å². The fraction of sp³-hybridized carbons (Fsp3) is 0.188. The molecule has 110 valence electrons. The molecule has 0 fully saturated rings. The molecule has 2 rings (SSSR count). The molecule has 1 unspecified atom stereocenters. The molecule has 2 nitrogen and oxygen atoms in total. The van der Waals surface area contributed by atoms with Gasteiger partial charge in [-0.25, -0.2) is 13.2 Å². The molecule has 0 spiro atoms. The first-order valence-electron chi connectivity index (χ1n) is 6.36. The van der Waals surface area contributed by atoms with Gasteiger partial charge in [-0.2, -0.15) is 0 Å². The van der Waals surface area contributed by atoms with Crippen molar-refractivity contribution in [1.29, 1.82) is 0 Å². The number of halogens is 3. The molecule has 1 atom stereocenters. The van der Waals surface area contributed by atoms with Crippen LogP contribution in [-0.4, -0.2) is 11.1 Å². The second-order valence-electron chi connectivity index (χ2n) is 4.85. The van der Waals surface area contributed by atoms with E-state index < -0.39 is 29.3 Å². The topological polar surface area (TPSA) is 37.3 Å². The van der Waals surface area contributed by atoms with E-state index in [1.165, 1.54) is 24.3 Å². The maximum atomic E-state index is 13.1. The summed E-state index contributed by atoms with van der Waals surface area (Å²) in [5, 5.41) is 9.23. The van der Waals surface area contributed by atoms with Crippen molar-refractivity contribution in [1.82, 2.24) is 0 Å². The first kappa shape index (κ1) is 15.1. The zero-order chi connectivity index (χ0) is 15.4. The maximum Gasteiger partial charge on any atom is 0.307 e. The summed E-state index contributed by atoms with van der Waals surface area (Å²) in [5.41, 5.74) is 0.933. The number of hydrogen-bond donors (Lipinski definition) is 1. The molecule has 0 amide bonds. The third-order valence-corrected chi connectivity index (χ3v) is 3.15. The third-order valence-electron chi connectivity index (χ3n) is 3.15. The lowest BCUT2D eigenvalue weighted by atomic mass is 9.92. The smallest absolute Gasteiger partial charge is 0.307 e. The van der Waals surface area contributed by atoms with Gasteiger partial charge in [0, 0.05) is 6.07 Å². The minimum absolute atomic E-state index is 0.00138. The van der Waals surface area contributed by atoms with Gasteiger partial charge in [-0.3, -0.25) is 4.79 Å². The second kappa shape index (κ2) is 6.43. The minimum Gasteiger partial charge on any atom is -0.481 e. The summed E-state index contributed by atoms with van der Waals surface area (Å²) in [5.74, 6) is -3.79. The van der Waals surface area contributed by atoms with Crippen LogP contribution in [0.25, 0.3) is 0 Å². The summed E-state index contributed by atoms with van der Waals surface area (Å²) in [4.78, 5) is 11.3. The molecule has 2 aromatic rings. The number of aliphatic carboxylic acids is 1. The lowest BCUT2D eigenvalue weighted by Crippen LogP contribution is -2.19. The highest BCUT2D eigenvalue weighted by Crippen LogP contribution is 2.17. The monoisotopic (exact) mass is 294 g/mol. The van der Waals surface area contributed by atoms with Crippen LogP contribution in [-0.2, 0) is 17.6 Å². The summed E-state index contributed by atoms with van der Waals surface area (Å²) < 4.78 is 39.1. The first-order chi connectivity index (χ1) is 9.94. The summed E-state index contributed by atoms with van der Waals surface area (Å²) in [7, 11) is 0. The number of benzene rings is 2. The molecule has 0 radical (unpaired) electrons. The molecular weight excluding hydrogens is 281 g/mol. The predicted molar refractivity (Wildman–Crippen MR) is 71.3 cm³/mol. The van der Waals surface area contributed by atoms with Crippen molar-refractivity contribution < 1.29 is 23.1 Å². The molecule has 5 heteroatoms. The largest absolute Gasteiger partial charge is 0.481 e. The van der Waals surface area contributed by atoms with Crippen LogP contribution >= 0.6 is 0 Å². The number of carboxylic acids is 1. The Balaban J connectivity index is 2.15. The van der Waals surface area contributed by atoms with Crippen molar-refractivity contribution in [2.24, 2.45) is 5.92 Å². The molecule has 0 heterocycles. The molecule has 0 aliphatic rings. The number of rotatable bonds is 5. The molecule has 2 aromatic carbocycles. The van der Waals surface area contributed by atoms with Gasteiger partial charge < -0.3 is 5.11 Å². The predicted octanol–water partition coefficient (Wildman–Crippen LogP) is 3.59. The summed E-state index contributed by atoms with van der Waals surface area (Å²) in [6.45, 7) is 0. The fourth-order valence-electron chi connectivity index (χ4n) is 2.17. The van der Waals surface area contributed by atoms with E-state index >= 15 is 0 Å². The quantitative estimate of drug-likeness (QED) is 0.915. The van der Waals surface area contributed by atoms with Crippen molar-refractivity contribution in [3.05, 3.63) is 71.0 Å². The Hall–Kier alpha value is -2.30. The number of carboxylic acid groups (broad SMARTS) is 1. The number of carbonyl (C=O) groups is 1. The molecule has 1 N–H and O–H groups in total. The summed E-state index contributed by atoms with van der Waals surface area (Å²) >= 11 is 0. The van der Waals surface area contributed by atoms with Crippen LogP contribution in [0.5, 0.6) is 0 Å². The van der Waals surface area contributed by atoms with Crippen molar-refractivity contribution >= 4 is 5.97 Å². The summed E-state index contributed by atoms with van der Waals surface area (Å²) in [6, 6.07) is 8.45. The van der Waals surface area contributed by atoms with E-state index in [1.807, 2.05) is 0 Å². The SMILES string of the molecule is O=C(O)C(Cc1ccc(F)cc1)Cc1cc(F)cc(F)c1. The van der Waals surface area contributed by atoms with Crippen LogP contribution in [0.4, 0.5) is 13.2 Å². The van der Waals surface area contributed by atoms with Crippen LogP contribution in [0, 0.1) is 23.4 Å². The molecule has 0 saturated heterocycles. The average Bonchev–Trinajstić information content (AvgIpc) is 2.39. The van der Waals surface area contributed by atoms with Gasteiger partial charge in [0.1, 0.15) is 17.5 Å². The van der Waals surface area contributed by atoms with Gasteiger partial charge in [0.05, 0.1) is 5.92 Å². The van der Waals surface area contributed by atoms with Gasteiger partial charge in [-0.05, 0) is 48.2 Å². The van der Waals surface area contributed by atoms with Crippen LogP contribution < -0.4 is 0 Å². The molecule has 0 aromatic heterocycles. The van der Waals surface area contributed by atoms with Crippen molar-refractivity contribution in [3.8, 4) is 0 Å². The van der Waals surface area contributed by atoms with E-state index in [2.05, 4.69) is 0 Å².